The van der Waals surface area contributed by atoms with Gasteiger partial charge >= 0.3 is 0 Å². The molecule has 6 nitrogen and oxygen atoms in total. The highest BCUT2D eigenvalue weighted by molar-refractivity contribution is 5.96. The van der Waals surface area contributed by atoms with E-state index in [1.54, 1.807) is 0 Å². The smallest absolute Gasteiger partial charge is 0.267 e. The Morgan fingerprint density at radius 3 is 2.95 bits per heavy atom. The van der Waals surface area contributed by atoms with Crippen molar-refractivity contribution in [2.45, 2.75) is 32.6 Å². The number of carbonyl (C=O) groups excluding carboxylic acids is 1. The molecule has 1 unspecified atom stereocenters. The molecule has 20 heavy (non-hydrogen) atoms. The van der Waals surface area contributed by atoms with E-state index in [0.29, 0.717) is 5.92 Å². The first kappa shape index (κ1) is 14.2. The standard InChI is InChI=1S/C14H17N3O3/c1-10-5-2-3-8-13(10)15-16-14(18)11-6-4-7-12(9-11)17(19)20/h4,6-7,9-10H,2-3,5,8H2,1H3,(H,16,18). The molecule has 1 saturated carbocycles. The Morgan fingerprint density at radius 1 is 1.45 bits per heavy atom. The van der Waals surface area contributed by atoms with Crippen LogP contribution in [0.5, 0.6) is 0 Å². The van der Waals surface area contributed by atoms with E-state index in [9.17, 15) is 14.9 Å². The summed E-state index contributed by atoms with van der Waals surface area (Å²) in [6.07, 6.45) is 4.27. The van der Waals surface area contributed by atoms with Crippen molar-refractivity contribution in [1.29, 1.82) is 0 Å². The summed E-state index contributed by atoms with van der Waals surface area (Å²) in [5, 5.41) is 14.8. The summed E-state index contributed by atoms with van der Waals surface area (Å²) in [5.41, 5.74) is 3.63. The van der Waals surface area contributed by atoms with Gasteiger partial charge in [-0.05, 0) is 31.2 Å². The van der Waals surface area contributed by atoms with E-state index >= 15 is 0 Å². The third-order valence-corrected chi connectivity index (χ3v) is 3.51. The average Bonchev–Trinajstić information content (AvgIpc) is 2.46. The van der Waals surface area contributed by atoms with Gasteiger partial charge in [-0.3, -0.25) is 14.9 Å². The molecule has 0 spiro atoms. The number of nitrogens with zero attached hydrogens (tertiary/aromatic N) is 2. The molecule has 0 bridgehead atoms. The van der Waals surface area contributed by atoms with Gasteiger partial charge in [-0.1, -0.05) is 19.4 Å². The molecule has 0 aromatic heterocycles. The molecule has 1 aromatic rings. The van der Waals surface area contributed by atoms with Crippen LogP contribution in [0.2, 0.25) is 0 Å². The molecule has 0 radical (unpaired) electrons. The molecule has 2 rings (SSSR count). The Morgan fingerprint density at radius 2 is 2.25 bits per heavy atom. The Bertz CT molecular complexity index is 554. The SMILES string of the molecule is CC1CCCCC1=NNC(=O)c1cccc([N+](=O)[O-])c1. The molecule has 1 N–H and O–H groups in total. The number of amides is 1. The Balaban J connectivity index is 2.06. The summed E-state index contributed by atoms with van der Waals surface area (Å²) in [6, 6.07) is 5.63. The summed E-state index contributed by atoms with van der Waals surface area (Å²) >= 11 is 0. The van der Waals surface area contributed by atoms with Gasteiger partial charge in [0.25, 0.3) is 11.6 Å². The predicted molar refractivity (Wildman–Crippen MR) is 75.6 cm³/mol. The quantitative estimate of drug-likeness (QED) is 0.680. The van der Waals surface area contributed by atoms with Crippen LogP contribution in [0.15, 0.2) is 29.4 Å². The fourth-order valence-electron chi connectivity index (χ4n) is 2.28. The largest absolute Gasteiger partial charge is 0.271 e. The van der Waals surface area contributed by atoms with Crippen molar-refractivity contribution in [3.63, 3.8) is 0 Å². The molecule has 1 aromatic carbocycles. The maximum atomic E-state index is 11.9. The number of hydrazone groups is 1. The second-order valence-corrected chi connectivity index (χ2v) is 5.00. The number of nitro benzene ring substituents is 1. The van der Waals surface area contributed by atoms with Gasteiger partial charge in [0, 0.05) is 23.4 Å². The van der Waals surface area contributed by atoms with Gasteiger partial charge < -0.3 is 0 Å². The van der Waals surface area contributed by atoms with Gasteiger partial charge in [0.2, 0.25) is 0 Å². The molecule has 1 atom stereocenters. The lowest BCUT2D eigenvalue weighted by molar-refractivity contribution is -0.384. The average molecular weight is 275 g/mol. The number of nitrogens with one attached hydrogen (secondary N) is 1. The van der Waals surface area contributed by atoms with E-state index in [-0.39, 0.29) is 11.3 Å². The van der Waals surface area contributed by atoms with Crippen molar-refractivity contribution in [2.75, 3.05) is 0 Å². The minimum Gasteiger partial charge on any atom is -0.267 e. The van der Waals surface area contributed by atoms with Crippen LogP contribution in [0.4, 0.5) is 5.69 Å². The first-order chi connectivity index (χ1) is 9.58. The second kappa shape index (κ2) is 6.27. The van der Waals surface area contributed by atoms with Gasteiger partial charge in [-0.25, -0.2) is 5.43 Å². The third kappa shape index (κ3) is 3.40. The van der Waals surface area contributed by atoms with E-state index < -0.39 is 10.8 Å². The lowest BCUT2D eigenvalue weighted by atomic mass is 9.89. The first-order valence-corrected chi connectivity index (χ1v) is 6.69. The number of benzene rings is 1. The predicted octanol–water partition coefficient (Wildman–Crippen LogP) is 2.89. The van der Waals surface area contributed by atoms with Crippen molar-refractivity contribution < 1.29 is 9.72 Å². The summed E-state index contributed by atoms with van der Waals surface area (Å²) in [5.74, 6) is -0.0341. The van der Waals surface area contributed by atoms with Gasteiger partial charge in [0.15, 0.2) is 0 Å². The highest BCUT2D eigenvalue weighted by Crippen LogP contribution is 2.20. The molecule has 1 amide bonds. The fraction of sp³-hybridized carbons (Fsp3) is 0.429. The van der Waals surface area contributed by atoms with Crippen LogP contribution in [0.1, 0.15) is 43.0 Å². The molecule has 6 heteroatoms. The van der Waals surface area contributed by atoms with Crippen molar-refractivity contribution in [3.05, 3.63) is 39.9 Å². The van der Waals surface area contributed by atoms with Gasteiger partial charge in [0.05, 0.1) is 4.92 Å². The molecule has 1 aliphatic rings. The van der Waals surface area contributed by atoms with Crippen LogP contribution in [-0.2, 0) is 0 Å². The molecule has 1 fully saturated rings. The van der Waals surface area contributed by atoms with Crippen LogP contribution in [0, 0.1) is 16.0 Å². The maximum Gasteiger partial charge on any atom is 0.271 e. The fourth-order valence-corrected chi connectivity index (χ4v) is 2.28. The lowest BCUT2D eigenvalue weighted by Gasteiger charge is -2.19. The zero-order valence-electron chi connectivity index (χ0n) is 11.3. The summed E-state index contributed by atoms with van der Waals surface area (Å²) in [4.78, 5) is 22.1. The van der Waals surface area contributed by atoms with E-state index in [1.165, 1.54) is 30.7 Å². The zero-order valence-corrected chi connectivity index (χ0v) is 11.3. The van der Waals surface area contributed by atoms with E-state index in [0.717, 1.165) is 25.0 Å². The van der Waals surface area contributed by atoms with Crippen molar-refractivity contribution in [1.82, 2.24) is 5.43 Å². The second-order valence-electron chi connectivity index (χ2n) is 5.00. The Kier molecular flexibility index (Phi) is 4.45. The summed E-state index contributed by atoms with van der Waals surface area (Å²) in [7, 11) is 0. The highest BCUT2D eigenvalue weighted by Gasteiger charge is 2.17. The summed E-state index contributed by atoms with van der Waals surface area (Å²) in [6.45, 7) is 2.09. The highest BCUT2D eigenvalue weighted by atomic mass is 16.6. The minimum atomic E-state index is -0.522. The van der Waals surface area contributed by atoms with Crippen LogP contribution in [-0.4, -0.2) is 16.5 Å². The van der Waals surface area contributed by atoms with E-state index in [1.807, 2.05) is 0 Å². The van der Waals surface area contributed by atoms with Crippen LogP contribution in [0.3, 0.4) is 0 Å². The molecule has 1 aliphatic carbocycles. The van der Waals surface area contributed by atoms with Gasteiger partial charge in [-0.15, -0.1) is 0 Å². The number of hydrogen-bond acceptors (Lipinski definition) is 4. The van der Waals surface area contributed by atoms with Gasteiger partial charge in [-0.2, -0.15) is 5.10 Å². The maximum absolute atomic E-state index is 11.9. The van der Waals surface area contributed by atoms with Gasteiger partial charge in [0.1, 0.15) is 0 Å². The van der Waals surface area contributed by atoms with E-state index in [4.69, 9.17) is 0 Å². The molecular weight excluding hydrogens is 258 g/mol. The molecule has 0 saturated heterocycles. The number of nitro groups is 1. The van der Waals surface area contributed by atoms with Crippen molar-refractivity contribution in [2.24, 2.45) is 11.0 Å². The zero-order chi connectivity index (χ0) is 14.5. The monoisotopic (exact) mass is 275 g/mol. The number of non-ortho nitro benzene ring substituents is 1. The molecule has 106 valence electrons. The first-order valence-electron chi connectivity index (χ1n) is 6.69. The topological polar surface area (TPSA) is 84.6 Å². The summed E-state index contributed by atoms with van der Waals surface area (Å²) < 4.78 is 0. The minimum absolute atomic E-state index is 0.101. The molecular formula is C14H17N3O3. The van der Waals surface area contributed by atoms with Crippen LogP contribution in [0.25, 0.3) is 0 Å². The van der Waals surface area contributed by atoms with E-state index in [2.05, 4.69) is 17.5 Å². The number of rotatable bonds is 3. The Hall–Kier alpha value is -2.24. The molecule has 0 aliphatic heterocycles. The third-order valence-electron chi connectivity index (χ3n) is 3.51. The van der Waals surface area contributed by atoms with Crippen LogP contribution < -0.4 is 5.43 Å². The van der Waals surface area contributed by atoms with Crippen molar-refractivity contribution in [3.8, 4) is 0 Å². The Labute approximate surface area is 117 Å². The number of carbonyl (C=O) groups is 1. The normalized spacial score (nSPS) is 20.6. The molecule has 0 heterocycles. The lowest BCUT2D eigenvalue weighted by Crippen LogP contribution is -2.24. The van der Waals surface area contributed by atoms with Crippen molar-refractivity contribution >= 4 is 17.3 Å². The number of hydrogen-bond donors (Lipinski definition) is 1. The van der Waals surface area contributed by atoms with Crippen LogP contribution >= 0.6 is 0 Å².